The molecule has 7 nitrogen and oxygen atoms in total. The molecule has 0 bridgehead atoms. The zero-order valence-electron chi connectivity index (χ0n) is 17.4. The topological polar surface area (TPSA) is 95.1 Å². The second-order valence-electron chi connectivity index (χ2n) is 7.80. The van der Waals surface area contributed by atoms with Crippen LogP contribution in [0.5, 0.6) is 5.88 Å². The van der Waals surface area contributed by atoms with E-state index in [4.69, 9.17) is 33.7 Å². The van der Waals surface area contributed by atoms with Gasteiger partial charge in [0.25, 0.3) is 5.91 Å². The minimum atomic E-state index is -0.449. The Balaban J connectivity index is 2.05. The molecule has 0 unspecified atom stereocenters. The number of aromatic nitrogens is 3. The van der Waals surface area contributed by atoms with E-state index in [1.807, 2.05) is 39.0 Å². The number of nitrogen functional groups attached to an aromatic ring is 1. The lowest BCUT2D eigenvalue weighted by molar-refractivity contribution is 0.101. The lowest BCUT2D eigenvalue weighted by Crippen LogP contribution is -2.18. The van der Waals surface area contributed by atoms with Crippen LogP contribution >= 0.6 is 23.2 Å². The maximum atomic E-state index is 13.1. The summed E-state index contributed by atoms with van der Waals surface area (Å²) in [5, 5.41) is 8.03. The Kier molecular flexibility index (Phi) is 5.97. The van der Waals surface area contributed by atoms with E-state index >= 15 is 0 Å². The van der Waals surface area contributed by atoms with Crippen LogP contribution in [0.25, 0.3) is 11.3 Å². The number of pyridine rings is 1. The first-order valence-corrected chi connectivity index (χ1v) is 9.94. The second kappa shape index (κ2) is 8.16. The van der Waals surface area contributed by atoms with Crippen molar-refractivity contribution in [3.05, 3.63) is 51.8 Å². The fourth-order valence-corrected chi connectivity index (χ4v) is 3.76. The van der Waals surface area contributed by atoms with Gasteiger partial charge >= 0.3 is 0 Å². The second-order valence-corrected chi connectivity index (χ2v) is 8.58. The van der Waals surface area contributed by atoms with Crippen molar-refractivity contribution in [2.45, 2.75) is 26.2 Å². The van der Waals surface area contributed by atoms with Crippen molar-refractivity contribution in [2.24, 2.45) is 7.05 Å². The molecule has 1 aromatic carbocycles. The molecule has 9 heteroatoms. The van der Waals surface area contributed by atoms with Crippen LogP contribution in [0.4, 0.5) is 11.4 Å². The molecule has 158 valence electrons. The van der Waals surface area contributed by atoms with E-state index in [-0.39, 0.29) is 22.7 Å². The van der Waals surface area contributed by atoms with Crippen LogP contribution in [-0.4, -0.2) is 27.8 Å². The highest BCUT2D eigenvalue weighted by atomic mass is 35.5. The summed E-state index contributed by atoms with van der Waals surface area (Å²) in [5.41, 5.74) is 8.43. The number of nitrogens with zero attached hydrogens (tertiary/aromatic N) is 3. The molecule has 0 fully saturated rings. The number of methoxy groups -OCH3 is 1. The molecular formula is C21H23Cl2N5O2. The van der Waals surface area contributed by atoms with E-state index in [1.165, 1.54) is 11.8 Å². The molecule has 0 radical (unpaired) electrons. The third-order valence-corrected chi connectivity index (χ3v) is 5.22. The standard InChI is InChI=1S/C21H23Cl2N5O2/c1-21(2,3)18-15(23)17(28(4)27-18)19(29)25-14-10-13(26-20(30-5)16(14)24)11-8-6-7-9-12(11)22/h6-10H,24H2,1-5H3,(H,25,26,29). The molecule has 0 aliphatic heterocycles. The molecule has 3 N–H and O–H groups in total. The summed E-state index contributed by atoms with van der Waals surface area (Å²) in [5.74, 6) is -0.273. The average Bonchev–Trinajstić information content (AvgIpc) is 2.98. The van der Waals surface area contributed by atoms with E-state index in [1.54, 1.807) is 19.2 Å². The molecule has 30 heavy (non-hydrogen) atoms. The van der Waals surface area contributed by atoms with Gasteiger partial charge in [-0.25, -0.2) is 4.98 Å². The molecule has 3 aromatic rings. The third-order valence-electron chi connectivity index (χ3n) is 4.53. The Bertz CT molecular complexity index is 1120. The first-order chi connectivity index (χ1) is 14.0. The highest BCUT2D eigenvalue weighted by Gasteiger charge is 2.28. The predicted molar refractivity (Wildman–Crippen MR) is 121 cm³/mol. The maximum absolute atomic E-state index is 13.1. The SMILES string of the molecule is COc1nc(-c2ccccc2Cl)cc(NC(=O)c2c(Cl)c(C(C)(C)C)nn2C)c1N. The number of hydrogen-bond donors (Lipinski definition) is 2. The summed E-state index contributed by atoms with van der Waals surface area (Å²) in [6, 6.07) is 8.88. The summed E-state index contributed by atoms with van der Waals surface area (Å²) in [6.45, 7) is 5.93. The minimum absolute atomic E-state index is 0.175. The van der Waals surface area contributed by atoms with Gasteiger partial charge < -0.3 is 15.8 Å². The average molecular weight is 448 g/mol. The van der Waals surface area contributed by atoms with E-state index in [2.05, 4.69) is 15.4 Å². The van der Waals surface area contributed by atoms with Crippen LogP contribution in [0.3, 0.4) is 0 Å². The smallest absolute Gasteiger partial charge is 0.275 e. The molecule has 1 amide bonds. The van der Waals surface area contributed by atoms with Gasteiger partial charge in [-0.05, 0) is 12.1 Å². The highest BCUT2D eigenvalue weighted by Crippen LogP contribution is 2.36. The zero-order valence-corrected chi connectivity index (χ0v) is 18.9. The van der Waals surface area contributed by atoms with Crippen molar-refractivity contribution < 1.29 is 9.53 Å². The minimum Gasteiger partial charge on any atom is -0.479 e. The molecule has 0 spiro atoms. The monoisotopic (exact) mass is 447 g/mol. The first-order valence-electron chi connectivity index (χ1n) is 9.18. The van der Waals surface area contributed by atoms with Gasteiger partial charge in [0.1, 0.15) is 11.4 Å². The number of carbonyl (C=O) groups is 1. The van der Waals surface area contributed by atoms with Gasteiger partial charge in [0.05, 0.1) is 29.2 Å². The predicted octanol–water partition coefficient (Wildman–Crippen LogP) is 4.93. The van der Waals surface area contributed by atoms with Crippen LogP contribution < -0.4 is 15.8 Å². The van der Waals surface area contributed by atoms with Crippen molar-refractivity contribution in [1.29, 1.82) is 0 Å². The van der Waals surface area contributed by atoms with Crippen molar-refractivity contribution in [2.75, 3.05) is 18.2 Å². The molecule has 2 heterocycles. The van der Waals surface area contributed by atoms with Gasteiger partial charge in [-0.2, -0.15) is 5.10 Å². The van der Waals surface area contributed by atoms with Crippen molar-refractivity contribution in [1.82, 2.24) is 14.8 Å². The number of rotatable bonds is 4. The Morgan fingerprint density at radius 2 is 1.90 bits per heavy atom. The normalized spacial score (nSPS) is 11.4. The summed E-state index contributed by atoms with van der Waals surface area (Å²) in [7, 11) is 3.12. The lowest BCUT2D eigenvalue weighted by atomic mass is 9.92. The molecule has 2 aromatic heterocycles. The molecule has 0 saturated heterocycles. The van der Waals surface area contributed by atoms with E-state index in [9.17, 15) is 4.79 Å². The van der Waals surface area contributed by atoms with Gasteiger partial charge in [-0.1, -0.05) is 62.2 Å². The number of nitrogens with two attached hydrogens (primary N) is 1. The zero-order chi connectivity index (χ0) is 22.2. The van der Waals surface area contributed by atoms with Gasteiger partial charge in [0, 0.05) is 23.0 Å². The fourth-order valence-electron chi connectivity index (χ4n) is 3.00. The van der Waals surface area contributed by atoms with E-state index < -0.39 is 5.91 Å². The van der Waals surface area contributed by atoms with Crippen molar-refractivity contribution in [3.63, 3.8) is 0 Å². The number of hydrogen-bond acceptors (Lipinski definition) is 5. The number of carbonyl (C=O) groups excluding carboxylic acids is 1. The first kappa shape index (κ1) is 21.9. The third kappa shape index (κ3) is 4.08. The highest BCUT2D eigenvalue weighted by molar-refractivity contribution is 6.35. The number of anilines is 2. The van der Waals surface area contributed by atoms with E-state index in [0.717, 1.165) is 0 Å². The molecule has 3 rings (SSSR count). The Labute approximate surface area is 185 Å². The summed E-state index contributed by atoms with van der Waals surface area (Å²) in [4.78, 5) is 17.5. The van der Waals surface area contributed by atoms with Crippen molar-refractivity contribution >= 4 is 40.5 Å². The van der Waals surface area contributed by atoms with Crippen LogP contribution in [0, 0.1) is 0 Å². The van der Waals surface area contributed by atoms with Gasteiger partial charge in [-0.15, -0.1) is 0 Å². The van der Waals surface area contributed by atoms with Crippen molar-refractivity contribution in [3.8, 4) is 17.1 Å². The number of halogens is 2. The number of nitrogens with one attached hydrogen (secondary N) is 1. The number of aryl methyl sites for hydroxylation is 1. The Hall–Kier alpha value is -2.77. The number of amides is 1. The quantitative estimate of drug-likeness (QED) is 0.590. The fraction of sp³-hybridized carbons (Fsp3) is 0.286. The van der Waals surface area contributed by atoms with Crippen LogP contribution in [0.1, 0.15) is 37.0 Å². The van der Waals surface area contributed by atoms with Crippen LogP contribution in [-0.2, 0) is 12.5 Å². The number of benzene rings is 1. The molecule has 0 aliphatic carbocycles. The molecule has 0 saturated carbocycles. The Morgan fingerprint density at radius 1 is 1.23 bits per heavy atom. The summed E-state index contributed by atoms with van der Waals surface area (Å²) >= 11 is 12.8. The van der Waals surface area contributed by atoms with Gasteiger partial charge in [0.2, 0.25) is 5.88 Å². The van der Waals surface area contributed by atoms with E-state index in [0.29, 0.717) is 32.7 Å². The Morgan fingerprint density at radius 3 is 2.47 bits per heavy atom. The van der Waals surface area contributed by atoms with Gasteiger partial charge in [-0.3, -0.25) is 9.48 Å². The molecule has 0 atom stereocenters. The lowest BCUT2D eigenvalue weighted by Gasteiger charge is -2.15. The maximum Gasteiger partial charge on any atom is 0.275 e. The summed E-state index contributed by atoms with van der Waals surface area (Å²) < 4.78 is 6.76. The molecular weight excluding hydrogens is 425 g/mol. The summed E-state index contributed by atoms with van der Waals surface area (Å²) in [6.07, 6.45) is 0. The molecule has 0 aliphatic rings. The largest absolute Gasteiger partial charge is 0.479 e. The van der Waals surface area contributed by atoms with Crippen LogP contribution in [0.15, 0.2) is 30.3 Å². The number of ether oxygens (including phenoxy) is 1. The van der Waals surface area contributed by atoms with Crippen LogP contribution in [0.2, 0.25) is 10.0 Å². The van der Waals surface area contributed by atoms with Gasteiger partial charge in [0.15, 0.2) is 0 Å².